The van der Waals surface area contributed by atoms with E-state index in [1.165, 1.54) is 22.6 Å². The van der Waals surface area contributed by atoms with Gasteiger partial charge in [0.15, 0.2) is 0 Å². The number of nitrogens with one attached hydrogen (secondary N) is 1. The van der Waals surface area contributed by atoms with Gasteiger partial charge in [0.1, 0.15) is 0 Å². The van der Waals surface area contributed by atoms with Crippen molar-refractivity contribution in [3.63, 3.8) is 0 Å². The van der Waals surface area contributed by atoms with Gasteiger partial charge in [-0.2, -0.15) is 0 Å². The highest BCUT2D eigenvalue weighted by Gasteiger charge is 2.21. The topological polar surface area (TPSA) is 32.3 Å². The van der Waals surface area contributed by atoms with Crippen LogP contribution in [0.4, 0.5) is 0 Å². The molecule has 2 unspecified atom stereocenters. The summed E-state index contributed by atoms with van der Waals surface area (Å²) in [6, 6.07) is 4.65. The second-order valence-electron chi connectivity index (χ2n) is 4.55. The number of aliphatic hydroxyl groups is 1. The van der Waals surface area contributed by atoms with Crippen LogP contribution in [0, 0.1) is 0 Å². The fourth-order valence-corrected chi connectivity index (χ4v) is 3.28. The van der Waals surface area contributed by atoms with Crippen molar-refractivity contribution in [2.75, 3.05) is 6.54 Å². The van der Waals surface area contributed by atoms with Gasteiger partial charge in [-0.05, 0) is 37.9 Å². The van der Waals surface area contributed by atoms with Crippen LogP contribution in [0.3, 0.4) is 0 Å². The Bertz CT molecular complexity index is 317. The second-order valence-corrected chi connectivity index (χ2v) is 5.80. The quantitative estimate of drug-likeness (QED) is 0.845. The molecule has 1 aliphatic heterocycles. The Morgan fingerprint density at radius 2 is 2.25 bits per heavy atom. The maximum absolute atomic E-state index is 10.2. The summed E-state index contributed by atoms with van der Waals surface area (Å²) in [4.78, 5) is 2.73. The number of hydrogen-bond acceptors (Lipinski definition) is 3. The maximum atomic E-state index is 10.2. The van der Waals surface area contributed by atoms with Crippen molar-refractivity contribution >= 4 is 11.3 Å². The third-order valence-corrected chi connectivity index (χ3v) is 4.54. The van der Waals surface area contributed by atoms with E-state index in [1.54, 1.807) is 0 Å². The van der Waals surface area contributed by atoms with Crippen LogP contribution in [-0.4, -0.2) is 23.8 Å². The van der Waals surface area contributed by atoms with Crippen LogP contribution in [0.2, 0.25) is 0 Å². The molecule has 90 valence electrons. The Morgan fingerprint density at radius 1 is 1.44 bits per heavy atom. The van der Waals surface area contributed by atoms with Gasteiger partial charge >= 0.3 is 0 Å². The number of piperidine rings is 1. The van der Waals surface area contributed by atoms with Gasteiger partial charge in [0.2, 0.25) is 0 Å². The molecule has 0 bridgehead atoms. The molecule has 1 fully saturated rings. The van der Waals surface area contributed by atoms with Crippen molar-refractivity contribution in [2.24, 2.45) is 0 Å². The van der Waals surface area contributed by atoms with Crippen molar-refractivity contribution in [1.82, 2.24) is 5.32 Å². The molecule has 1 aromatic heterocycles. The van der Waals surface area contributed by atoms with E-state index < -0.39 is 0 Å². The van der Waals surface area contributed by atoms with Crippen LogP contribution in [0.15, 0.2) is 12.1 Å². The molecule has 0 aromatic carbocycles. The highest BCUT2D eigenvalue weighted by molar-refractivity contribution is 7.11. The molecule has 1 aliphatic rings. The third-order valence-electron chi connectivity index (χ3n) is 3.29. The van der Waals surface area contributed by atoms with E-state index in [4.69, 9.17) is 0 Å². The number of thiophene rings is 1. The molecule has 0 spiro atoms. The molecule has 0 amide bonds. The first-order chi connectivity index (χ1) is 7.79. The molecule has 1 aromatic rings. The average Bonchev–Trinajstić information content (AvgIpc) is 2.78. The van der Waals surface area contributed by atoms with Crippen molar-refractivity contribution in [2.45, 2.75) is 51.2 Å². The molecule has 0 radical (unpaired) electrons. The lowest BCUT2D eigenvalue weighted by Crippen LogP contribution is -2.43. The fourth-order valence-electron chi connectivity index (χ4n) is 2.28. The number of aliphatic hydroxyl groups excluding tert-OH is 1. The van der Waals surface area contributed by atoms with Gasteiger partial charge in [-0.15, -0.1) is 11.3 Å². The highest BCUT2D eigenvalue weighted by atomic mass is 32.1. The zero-order valence-corrected chi connectivity index (χ0v) is 10.7. The van der Waals surface area contributed by atoms with Crippen LogP contribution < -0.4 is 5.32 Å². The number of aryl methyl sites for hydroxylation is 1. The average molecular weight is 239 g/mol. The van der Waals surface area contributed by atoms with E-state index in [9.17, 15) is 5.11 Å². The van der Waals surface area contributed by atoms with Gasteiger partial charge in [0.25, 0.3) is 0 Å². The highest BCUT2D eigenvalue weighted by Crippen LogP contribution is 2.21. The third kappa shape index (κ3) is 3.06. The Kier molecular flexibility index (Phi) is 4.38. The maximum Gasteiger partial charge on any atom is 0.0741 e. The molecule has 2 N–H and O–H groups in total. The van der Waals surface area contributed by atoms with Gasteiger partial charge in [-0.1, -0.05) is 13.3 Å². The summed E-state index contributed by atoms with van der Waals surface area (Å²) in [6.07, 6.45) is 5.31. The zero-order chi connectivity index (χ0) is 11.4. The first-order valence-corrected chi connectivity index (χ1v) is 7.10. The molecule has 3 heteroatoms. The van der Waals surface area contributed by atoms with Gasteiger partial charge in [0, 0.05) is 22.2 Å². The molecule has 16 heavy (non-hydrogen) atoms. The van der Waals surface area contributed by atoms with Gasteiger partial charge in [0.05, 0.1) is 6.10 Å². The Morgan fingerprint density at radius 3 is 2.88 bits per heavy atom. The normalized spacial score (nSPS) is 23.2. The number of hydrogen-bond donors (Lipinski definition) is 2. The van der Waals surface area contributed by atoms with Crippen molar-refractivity contribution in [3.05, 3.63) is 21.9 Å². The molecule has 0 aliphatic carbocycles. The minimum absolute atomic E-state index is 0.219. The summed E-state index contributed by atoms with van der Waals surface area (Å²) in [5.41, 5.74) is 0. The first kappa shape index (κ1) is 12.1. The van der Waals surface area contributed by atoms with E-state index in [2.05, 4.69) is 24.4 Å². The molecule has 2 nitrogen and oxygen atoms in total. The lowest BCUT2D eigenvalue weighted by Gasteiger charge is -2.27. The van der Waals surface area contributed by atoms with Crippen LogP contribution in [0.1, 0.15) is 35.9 Å². The summed E-state index contributed by atoms with van der Waals surface area (Å²) in [7, 11) is 0. The number of rotatable bonds is 4. The minimum atomic E-state index is -0.219. The van der Waals surface area contributed by atoms with Gasteiger partial charge < -0.3 is 10.4 Å². The summed E-state index contributed by atoms with van der Waals surface area (Å²) >= 11 is 1.84. The van der Waals surface area contributed by atoms with Crippen molar-refractivity contribution < 1.29 is 5.11 Å². The SMILES string of the molecule is CCc1ccc(CC(O)C2CCCCN2)s1. The van der Waals surface area contributed by atoms with E-state index >= 15 is 0 Å². The Labute approximate surface area is 102 Å². The van der Waals surface area contributed by atoms with Crippen LogP contribution in [-0.2, 0) is 12.8 Å². The summed E-state index contributed by atoms with van der Waals surface area (Å²) in [5.74, 6) is 0. The van der Waals surface area contributed by atoms with E-state index in [0.29, 0.717) is 6.04 Å². The Balaban J connectivity index is 1.87. The zero-order valence-electron chi connectivity index (χ0n) is 9.91. The van der Waals surface area contributed by atoms with Crippen LogP contribution >= 0.6 is 11.3 Å². The van der Waals surface area contributed by atoms with Gasteiger partial charge in [-0.3, -0.25) is 0 Å². The van der Waals surface area contributed by atoms with Crippen molar-refractivity contribution in [3.8, 4) is 0 Å². The predicted molar refractivity (Wildman–Crippen MR) is 69.0 cm³/mol. The first-order valence-electron chi connectivity index (χ1n) is 6.28. The van der Waals surface area contributed by atoms with Crippen LogP contribution in [0.5, 0.6) is 0 Å². The molecule has 1 saturated heterocycles. The minimum Gasteiger partial charge on any atom is -0.391 e. The van der Waals surface area contributed by atoms with E-state index in [1.807, 2.05) is 11.3 Å². The van der Waals surface area contributed by atoms with Crippen LogP contribution in [0.25, 0.3) is 0 Å². The van der Waals surface area contributed by atoms with Crippen molar-refractivity contribution in [1.29, 1.82) is 0 Å². The standard InChI is InChI=1S/C13H21NOS/c1-2-10-6-7-11(16-10)9-13(15)12-5-3-4-8-14-12/h6-7,12-15H,2-5,8-9H2,1H3. The summed E-state index contributed by atoms with van der Waals surface area (Å²) in [6.45, 7) is 3.24. The summed E-state index contributed by atoms with van der Waals surface area (Å²) in [5, 5.41) is 13.6. The largest absolute Gasteiger partial charge is 0.391 e. The Hall–Kier alpha value is -0.380. The predicted octanol–water partition coefficient (Wildman–Crippen LogP) is 2.36. The summed E-state index contributed by atoms with van der Waals surface area (Å²) < 4.78 is 0. The molecule has 2 heterocycles. The molecular weight excluding hydrogens is 218 g/mol. The second kappa shape index (κ2) is 5.80. The monoisotopic (exact) mass is 239 g/mol. The lowest BCUT2D eigenvalue weighted by atomic mass is 9.97. The molecule has 0 saturated carbocycles. The van der Waals surface area contributed by atoms with Gasteiger partial charge in [-0.25, -0.2) is 0 Å². The smallest absolute Gasteiger partial charge is 0.0741 e. The molecular formula is C13H21NOS. The van der Waals surface area contributed by atoms with E-state index in [0.717, 1.165) is 25.8 Å². The molecule has 2 rings (SSSR count). The molecule has 2 atom stereocenters. The van der Waals surface area contributed by atoms with E-state index in [-0.39, 0.29) is 6.10 Å². The lowest BCUT2D eigenvalue weighted by molar-refractivity contribution is 0.114. The fraction of sp³-hybridized carbons (Fsp3) is 0.692.